The first-order valence-electron chi connectivity index (χ1n) is 37.8. The van der Waals surface area contributed by atoms with E-state index in [1.54, 1.807) is 30.3 Å². The molecule has 23 rings (SSSR count). The van der Waals surface area contributed by atoms with Crippen molar-refractivity contribution in [1.29, 1.82) is 0 Å². The number of nitro groups is 2. The number of benzene rings is 11. The quantitative estimate of drug-likeness (QED) is 0.0175. The summed E-state index contributed by atoms with van der Waals surface area (Å²) in [6, 6.07) is 95.1. The summed E-state index contributed by atoms with van der Waals surface area (Å²) in [6.45, 7) is 0. The second kappa shape index (κ2) is 42.7. The van der Waals surface area contributed by atoms with Gasteiger partial charge in [-0.05, 0) is 51.6 Å². The summed E-state index contributed by atoms with van der Waals surface area (Å²) in [5.74, 6) is 0.315. The van der Waals surface area contributed by atoms with Crippen molar-refractivity contribution in [2.45, 2.75) is 6.42 Å². The molecule has 2 aliphatic carbocycles. The second-order valence-corrected chi connectivity index (χ2v) is 40.2. The summed E-state index contributed by atoms with van der Waals surface area (Å²) < 4.78 is 19.6. The number of carbonyl (C=O) groups excluding carboxylic acids is 5. The number of aryl methyl sites for hydroxylation is 3. The SMILES string of the molecule is Cn1c2ccccc2c2cc(C=C3C(=O)c4cc5ccccc5cc4C3=O)[se]c21.Cn1c2ccccc2c2cc(C=O)[se]c21.Cn1c2ccccc2c2cc[se]c21.O=C1CC(=O)c2cc3ccccc3cc21.O=[N+]([O-])c1ccccc1-c1cc[se]c1.O=[N+]([O-])c1ccccc1I.O[B]Oc1cc[se]c1.[Br-].[Mg+2].[c-]1ccccc1.c1ccc2c(c1)[nH]c1[se]ccc12. The normalized spacial score (nSPS) is 11.5. The third kappa shape index (κ3) is 20.5. The van der Waals surface area contributed by atoms with Gasteiger partial charge in [0.2, 0.25) is 0 Å². The molecule has 17 nitrogen and oxygen atoms in total. The van der Waals surface area contributed by atoms with E-state index in [1.165, 1.54) is 94.9 Å². The minimum atomic E-state index is -0.387. The van der Waals surface area contributed by atoms with E-state index >= 15 is 0 Å². The first-order chi connectivity index (χ1) is 59.4. The molecule has 0 atom stereocenters. The second-order valence-electron chi connectivity index (χ2n) is 27.5. The van der Waals surface area contributed by atoms with Crippen molar-refractivity contribution in [3.63, 3.8) is 0 Å². The zero-order valence-electron chi connectivity index (χ0n) is 66.2. The number of aromatic amines is 1. The van der Waals surface area contributed by atoms with E-state index < -0.39 is 0 Å². The minimum absolute atomic E-state index is 0. The molecule has 0 saturated heterocycles. The molecule has 11 aromatic carbocycles. The summed E-state index contributed by atoms with van der Waals surface area (Å²) in [5.41, 5.74) is 9.64. The Morgan fingerprint density at radius 1 is 0.468 bits per heavy atom. The van der Waals surface area contributed by atoms with Gasteiger partial charge in [-0.3, -0.25) is 19.7 Å². The van der Waals surface area contributed by atoms with Crippen molar-refractivity contribution in [1.82, 2.24) is 18.7 Å². The molecule has 0 saturated carbocycles. The van der Waals surface area contributed by atoms with E-state index in [-0.39, 0.29) is 120 Å². The molecule has 0 fully saturated rings. The molecule has 0 bridgehead atoms. The van der Waals surface area contributed by atoms with Crippen LogP contribution in [0, 0.1) is 29.9 Å². The van der Waals surface area contributed by atoms with Crippen LogP contribution in [0.4, 0.5) is 11.4 Å². The molecule has 1 radical (unpaired) electrons. The van der Waals surface area contributed by atoms with E-state index in [0.717, 1.165) is 48.0 Å². The number of aldehydes is 1. The van der Waals surface area contributed by atoms with Crippen LogP contribution in [0.1, 0.15) is 61.5 Å². The predicted molar refractivity (Wildman–Crippen MR) is 512 cm³/mol. The van der Waals surface area contributed by atoms with E-state index in [0.29, 0.717) is 103 Å². The number of nitrogens with zero attached hydrogens (tertiary/aromatic N) is 5. The van der Waals surface area contributed by atoms with Crippen LogP contribution in [-0.2, 0) is 21.1 Å². The fourth-order valence-electron chi connectivity index (χ4n) is 14.4. The summed E-state index contributed by atoms with van der Waals surface area (Å²) >= 11 is 4.07. The van der Waals surface area contributed by atoms with Crippen molar-refractivity contribution < 1.29 is 60.5 Å². The number of nitro benzene ring substituents is 2. The molecule has 0 unspecified atom stereocenters. The fourth-order valence-corrected chi connectivity index (χ4v) is 25.4. The molecular formula is C97H68BBrIMgN6O11Se6. The molecule has 124 heavy (non-hydrogen) atoms. The van der Waals surface area contributed by atoms with Crippen LogP contribution in [0.15, 0.2) is 320 Å². The van der Waals surface area contributed by atoms with Crippen LogP contribution in [0.5, 0.6) is 5.75 Å². The van der Waals surface area contributed by atoms with Crippen molar-refractivity contribution >= 4 is 291 Å². The van der Waals surface area contributed by atoms with Crippen molar-refractivity contribution in [2.24, 2.45) is 21.1 Å². The van der Waals surface area contributed by atoms with Gasteiger partial charge in [-0.15, -0.1) is 0 Å². The average Bonchev–Trinajstić information content (AvgIpc) is 1.51. The molecule has 10 heterocycles. The molecule has 10 aromatic heterocycles. The summed E-state index contributed by atoms with van der Waals surface area (Å²) in [7, 11) is 7.01. The van der Waals surface area contributed by atoms with Gasteiger partial charge in [0.05, 0.1) is 14.9 Å². The number of H-pyrrole nitrogens is 1. The number of para-hydroxylation sites is 6. The number of nitrogens with one attached hydrogen (secondary N) is 1. The summed E-state index contributed by atoms with van der Waals surface area (Å²) in [4.78, 5) is 96.1. The van der Waals surface area contributed by atoms with Gasteiger partial charge in [0, 0.05) is 17.2 Å². The molecule has 21 aromatic rings. The Bertz CT molecular complexity index is 7360. The number of rotatable bonds is 7. The molecule has 0 aliphatic heterocycles. The van der Waals surface area contributed by atoms with Gasteiger partial charge < -0.3 is 17.0 Å². The average molecular weight is 2210 g/mol. The molecule has 27 heteroatoms. The Kier molecular flexibility index (Phi) is 31.5. The Balaban J connectivity index is 0.000000124. The van der Waals surface area contributed by atoms with Crippen LogP contribution < -0.4 is 21.6 Å². The summed E-state index contributed by atoms with van der Waals surface area (Å²) in [5, 5.41) is 43.6. The molecule has 2 N–H and O–H groups in total. The van der Waals surface area contributed by atoms with Crippen LogP contribution in [0.25, 0.3) is 121 Å². The van der Waals surface area contributed by atoms with Crippen molar-refractivity contribution in [2.75, 3.05) is 0 Å². The van der Waals surface area contributed by atoms with Gasteiger partial charge in [0.25, 0.3) is 5.69 Å². The first-order valence-corrected chi connectivity index (χ1v) is 50.0. The first kappa shape index (κ1) is 91.5. The molecule has 0 amide bonds. The van der Waals surface area contributed by atoms with Gasteiger partial charge in [-0.25, -0.2) is 0 Å². The zero-order valence-corrected chi connectivity index (χ0v) is 81.7. The fraction of sp³-hybridized carbons (Fsp3) is 0.0412. The van der Waals surface area contributed by atoms with Crippen LogP contribution in [-0.4, -0.2) is 181 Å². The van der Waals surface area contributed by atoms with Gasteiger partial charge in [-0.1, -0.05) is 36.4 Å². The van der Waals surface area contributed by atoms with Gasteiger partial charge in [0.1, 0.15) is 0 Å². The van der Waals surface area contributed by atoms with Crippen molar-refractivity contribution in [3.8, 4) is 16.9 Å². The van der Waals surface area contributed by atoms with E-state index in [9.17, 15) is 44.2 Å². The van der Waals surface area contributed by atoms with E-state index in [4.69, 9.17) is 5.02 Å². The van der Waals surface area contributed by atoms with E-state index in [1.807, 2.05) is 184 Å². The van der Waals surface area contributed by atoms with Crippen LogP contribution >= 0.6 is 22.6 Å². The molecule has 0 spiro atoms. The monoisotopic (exact) mass is 2210 g/mol. The Hall–Kier alpha value is -10.2. The number of carbonyl (C=O) groups is 5. The maximum absolute atomic E-state index is 13.0. The Morgan fingerprint density at radius 2 is 0.927 bits per heavy atom. The number of halogens is 2. The standard InChI is InChI=1S/C25H15NO2Se.C13H8O2.C12H9NOSe.C11H9NSe.C10H7NO2Se.C10H7NSe.C6H4INO2.C6H5.C4H4BO2Se.BrH.Mg/c1-26-22-9-5-4-8-17(22)20-12-16(29-25(20)26)13-21-23(27)18-10-14-6-2-3-7-15(14)11-19(18)24(21)28;14-12-7-13(15)11-6-9-4-2-1-3-8(9)5-10(11)12;1-13-11-5-3-2-4-9(11)10-6-8(7-14)15-12(10)13;1-12-10-5-3-2-4-8(10)9-6-7-13-11(9)12;12-11(13)10-4-2-1-3-9(10)8-5-6-14-7-8;1-2-4-9-7(3-1)8-5-6-12-10(8)11-9;7-5-3-1-2-4-6(5)8(9)10;1-2-4-6-5-3-1;6-5-7-4-1-2-8-3-4;;/h2-13H,1H3;1-6H,7H2;2-7H,1H3;2-7H,1H3;1-7H;1-6,11H;1-4H;1-5H;1-3,6H;1H;/q;;;;;;;-1;;;+2/p-1. The molecular weight excluding hydrogens is 2140 g/mol. The Labute approximate surface area is 787 Å². The number of aromatic nitrogens is 4. The van der Waals surface area contributed by atoms with Crippen LogP contribution in [0.3, 0.4) is 0 Å². The van der Waals surface area contributed by atoms with Gasteiger partial charge in [0.15, 0.2) is 11.6 Å². The number of allylic oxidation sites excluding steroid dienone is 1. The topological polar surface area (TPSA) is 232 Å². The van der Waals surface area contributed by atoms with Gasteiger partial charge in [-0.2, -0.15) is 36.4 Å². The zero-order chi connectivity index (χ0) is 84.9. The van der Waals surface area contributed by atoms with Gasteiger partial charge >= 0.3 is 586 Å². The number of hydrogen-bond donors (Lipinski definition) is 2. The Morgan fingerprint density at radius 3 is 1.43 bits per heavy atom. The van der Waals surface area contributed by atoms with Crippen LogP contribution in [0.2, 0.25) is 0 Å². The predicted octanol–water partition coefficient (Wildman–Crippen LogP) is 16.9. The third-order valence-corrected chi connectivity index (χ3v) is 32.5. The number of fused-ring (bicyclic) bond motifs is 16. The number of hydrogen-bond acceptors (Lipinski definition) is 11. The van der Waals surface area contributed by atoms with Crippen molar-refractivity contribution in [3.05, 3.63) is 381 Å². The number of ketones is 4. The van der Waals surface area contributed by atoms with E-state index in [2.05, 4.69) is 167 Å². The summed E-state index contributed by atoms with van der Waals surface area (Å²) in [6.07, 6.45) is 2.84. The molecule has 607 valence electrons. The number of Topliss-reactive ketones (excluding diaryl/α,β-unsaturated/α-hetero) is 4. The molecule has 2 aliphatic rings. The maximum atomic E-state index is 13.0. The third-order valence-electron chi connectivity index (χ3n) is 20.2.